The Morgan fingerprint density at radius 3 is 2.54 bits per heavy atom. The average molecular weight is 381 g/mol. The molecule has 2 aromatic carbocycles. The van der Waals surface area contributed by atoms with E-state index in [1.165, 1.54) is 12.1 Å². The van der Waals surface area contributed by atoms with Crippen LogP contribution in [0.4, 0.5) is 5.69 Å². The molecule has 0 saturated carbocycles. The van der Waals surface area contributed by atoms with Crippen LogP contribution >= 0.6 is 0 Å². The second kappa shape index (κ2) is 7.26. The van der Waals surface area contributed by atoms with Gasteiger partial charge in [0.25, 0.3) is 5.91 Å². The van der Waals surface area contributed by atoms with Crippen molar-refractivity contribution in [2.75, 3.05) is 12.3 Å². The van der Waals surface area contributed by atoms with Crippen LogP contribution in [0.5, 0.6) is 17.2 Å². The van der Waals surface area contributed by atoms with Gasteiger partial charge in [-0.15, -0.1) is 0 Å². The van der Waals surface area contributed by atoms with Crippen molar-refractivity contribution in [3.05, 3.63) is 53.7 Å². The number of hydrogen-bond acceptors (Lipinski definition) is 6. The van der Waals surface area contributed by atoms with Crippen LogP contribution in [0.3, 0.4) is 0 Å². The molecule has 0 aliphatic rings. The molecule has 0 atom stereocenters. The Balaban J connectivity index is 1.76. The Bertz CT molecular complexity index is 1030. The maximum absolute atomic E-state index is 12.5. The Kier molecular flexibility index (Phi) is 5.00. The molecule has 0 fully saturated rings. The molecule has 0 unspecified atom stereocenters. The Hall–Kier alpha value is -3.48. The largest absolute Gasteiger partial charge is 0.508 e. The summed E-state index contributed by atoms with van der Waals surface area (Å²) in [5, 5.41) is 22.7. The molecule has 0 aliphatic heterocycles. The van der Waals surface area contributed by atoms with Crippen molar-refractivity contribution in [1.82, 2.24) is 10.3 Å². The van der Waals surface area contributed by atoms with Gasteiger partial charge in [-0.3, -0.25) is 9.78 Å². The number of hydrogen-bond donors (Lipinski definition) is 4. The van der Waals surface area contributed by atoms with E-state index in [0.717, 1.165) is 22.7 Å². The van der Waals surface area contributed by atoms with Crippen LogP contribution < -0.4 is 15.8 Å². The summed E-state index contributed by atoms with van der Waals surface area (Å²) in [4.78, 5) is 16.9. The number of rotatable bonds is 5. The van der Waals surface area contributed by atoms with Gasteiger partial charge >= 0.3 is 0 Å². The second-order valence-corrected chi connectivity index (χ2v) is 7.37. The molecule has 3 aromatic rings. The van der Waals surface area contributed by atoms with E-state index in [4.69, 9.17) is 10.5 Å². The number of pyridine rings is 1. The number of anilines is 1. The maximum Gasteiger partial charge on any atom is 0.252 e. The van der Waals surface area contributed by atoms with Crippen LogP contribution in [0.1, 0.15) is 29.9 Å². The van der Waals surface area contributed by atoms with Crippen LogP contribution in [0, 0.1) is 6.92 Å². The minimum absolute atomic E-state index is 0.152. The predicted octanol–water partition coefficient (Wildman–Crippen LogP) is 3.12. The third-order valence-electron chi connectivity index (χ3n) is 4.16. The van der Waals surface area contributed by atoms with Crippen molar-refractivity contribution in [2.45, 2.75) is 26.3 Å². The van der Waals surface area contributed by atoms with Crippen molar-refractivity contribution in [3.8, 4) is 17.2 Å². The number of aromatic nitrogens is 1. The topological polar surface area (TPSA) is 118 Å². The third kappa shape index (κ3) is 4.25. The smallest absolute Gasteiger partial charge is 0.252 e. The van der Waals surface area contributed by atoms with Crippen LogP contribution in [-0.2, 0) is 0 Å². The highest BCUT2D eigenvalue weighted by Crippen LogP contribution is 2.30. The highest BCUT2D eigenvalue weighted by atomic mass is 16.5. The maximum atomic E-state index is 12.5. The van der Waals surface area contributed by atoms with Crippen molar-refractivity contribution in [1.29, 1.82) is 0 Å². The highest BCUT2D eigenvalue weighted by molar-refractivity contribution is 5.96. The Morgan fingerprint density at radius 2 is 1.86 bits per heavy atom. The van der Waals surface area contributed by atoms with E-state index in [1.807, 2.05) is 32.9 Å². The van der Waals surface area contributed by atoms with Gasteiger partial charge in [0.05, 0.1) is 16.4 Å². The van der Waals surface area contributed by atoms with E-state index in [-0.39, 0.29) is 23.7 Å². The molecular formula is C21H23N3O4. The second-order valence-electron chi connectivity index (χ2n) is 7.37. The molecule has 0 radical (unpaired) electrons. The summed E-state index contributed by atoms with van der Waals surface area (Å²) in [7, 11) is 0. The molecule has 7 nitrogen and oxygen atoms in total. The van der Waals surface area contributed by atoms with Crippen LogP contribution in [0.25, 0.3) is 10.9 Å². The molecule has 0 aliphatic carbocycles. The quantitative estimate of drug-likeness (QED) is 0.539. The van der Waals surface area contributed by atoms with Crippen LogP contribution in [0.2, 0.25) is 0 Å². The number of nitrogens with one attached hydrogen (secondary N) is 1. The summed E-state index contributed by atoms with van der Waals surface area (Å²) in [5.41, 5.74) is 7.71. The number of carbonyl (C=O) groups excluding carboxylic acids is 1. The molecule has 0 bridgehead atoms. The van der Waals surface area contributed by atoms with Gasteiger partial charge in [0.2, 0.25) is 0 Å². The predicted molar refractivity (Wildman–Crippen MR) is 108 cm³/mol. The van der Waals surface area contributed by atoms with Crippen LogP contribution in [0.15, 0.2) is 42.5 Å². The Labute approximate surface area is 162 Å². The normalized spacial score (nSPS) is 11.4. The summed E-state index contributed by atoms with van der Waals surface area (Å²) < 4.78 is 5.96. The van der Waals surface area contributed by atoms with Gasteiger partial charge in [0.15, 0.2) is 0 Å². The van der Waals surface area contributed by atoms with Crippen LogP contribution in [-0.4, -0.2) is 33.3 Å². The van der Waals surface area contributed by atoms with E-state index < -0.39 is 11.4 Å². The first-order chi connectivity index (χ1) is 13.1. The van der Waals surface area contributed by atoms with E-state index >= 15 is 0 Å². The summed E-state index contributed by atoms with van der Waals surface area (Å²) in [6.07, 6.45) is 0. The molecular weight excluding hydrogens is 358 g/mol. The number of fused-ring (bicyclic) bond motifs is 1. The first-order valence-electron chi connectivity index (χ1n) is 8.79. The number of phenolic OH excluding ortho intramolecular Hbond substituents is 2. The first-order valence-corrected chi connectivity index (χ1v) is 8.79. The summed E-state index contributed by atoms with van der Waals surface area (Å²) >= 11 is 0. The van der Waals surface area contributed by atoms with E-state index in [0.29, 0.717) is 11.4 Å². The number of nitrogens with two attached hydrogens (primary N) is 1. The number of phenols is 2. The molecule has 1 amide bonds. The van der Waals surface area contributed by atoms with Crippen molar-refractivity contribution >= 4 is 22.5 Å². The lowest BCUT2D eigenvalue weighted by Gasteiger charge is -2.27. The average Bonchev–Trinajstić information content (AvgIpc) is 2.58. The number of benzene rings is 2. The first kappa shape index (κ1) is 19.3. The number of ether oxygens (including phenoxy) is 1. The van der Waals surface area contributed by atoms with Gasteiger partial charge < -0.3 is 26.0 Å². The third-order valence-corrected chi connectivity index (χ3v) is 4.16. The lowest BCUT2D eigenvalue weighted by Crippen LogP contribution is -2.47. The van der Waals surface area contributed by atoms with Crippen molar-refractivity contribution in [2.24, 2.45) is 0 Å². The molecule has 0 spiro atoms. The standard InChI is InChI=1S/C21H23N3O4/c1-12-7-16(22)19-17(23-12)5-4-6-18(19)28-11-21(2,3)24-20(27)13-8-14(25)10-15(26)9-13/h4-10,25-26H,11H2,1-3H3,(H2,22,23)(H,24,27). The van der Waals surface area contributed by atoms with Gasteiger partial charge in [-0.1, -0.05) is 6.07 Å². The number of nitrogen functional groups attached to an aromatic ring is 1. The van der Waals surface area contributed by atoms with E-state index in [2.05, 4.69) is 10.3 Å². The monoisotopic (exact) mass is 381 g/mol. The molecule has 3 rings (SSSR count). The van der Waals surface area contributed by atoms with Gasteiger partial charge in [-0.2, -0.15) is 0 Å². The zero-order valence-electron chi connectivity index (χ0n) is 16.0. The Morgan fingerprint density at radius 1 is 1.18 bits per heavy atom. The molecule has 0 saturated heterocycles. The number of amides is 1. The molecule has 1 aromatic heterocycles. The van der Waals surface area contributed by atoms with Gasteiger partial charge in [0, 0.05) is 23.0 Å². The summed E-state index contributed by atoms with van der Waals surface area (Å²) in [6, 6.07) is 11.0. The van der Waals surface area contributed by atoms with Crippen molar-refractivity contribution < 1.29 is 19.7 Å². The molecule has 146 valence electrons. The fourth-order valence-electron chi connectivity index (χ4n) is 2.94. The summed E-state index contributed by atoms with van der Waals surface area (Å²) in [5.74, 6) is -0.226. The van der Waals surface area contributed by atoms with E-state index in [1.54, 1.807) is 12.1 Å². The van der Waals surface area contributed by atoms with Crippen molar-refractivity contribution in [3.63, 3.8) is 0 Å². The molecule has 1 heterocycles. The summed E-state index contributed by atoms with van der Waals surface area (Å²) in [6.45, 7) is 5.67. The number of aromatic hydroxyl groups is 2. The molecule has 7 heteroatoms. The highest BCUT2D eigenvalue weighted by Gasteiger charge is 2.23. The van der Waals surface area contributed by atoms with Gasteiger partial charge in [0.1, 0.15) is 23.9 Å². The van der Waals surface area contributed by atoms with Gasteiger partial charge in [-0.05, 0) is 51.1 Å². The minimum atomic E-state index is -0.729. The molecule has 28 heavy (non-hydrogen) atoms. The minimum Gasteiger partial charge on any atom is -0.508 e. The zero-order valence-corrected chi connectivity index (χ0v) is 16.0. The van der Waals surface area contributed by atoms with Gasteiger partial charge in [-0.25, -0.2) is 0 Å². The number of aryl methyl sites for hydroxylation is 1. The number of nitrogens with zero attached hydrogens (tertiary/aromatic N) is 1. The van der Waals surface area contributed by atoms with E-state index in [9.17, 15) is 15.0 Å². The fourth-order valence-corrected chi connectivity index (χ4v) is 2.94. The fraction of sp³-hybridized carbons (Fsp3) is 0.238. The molecule has 5 N–H and O–H groups in total. The number of carbonyl (C=O) groups is 1. The zero-order chi connectivity index (χ0) is 20.5. The SMILES string of the molecule is Cc1cc(N)c2c(OCC(C)(C)NC(=O)c3cc(O)cc(O)c3)cccc2n1. The lowest BCUT2D eigenvalue weighted by atomic mass is 10.1. The lowest BCUT2D eigenvalue weighted by molar-refractivity contribution is 0.0880.